The number of hydrogen-bond acceptors (Lipinski definition) is 0. The van der Waals surface area contributed by atoms with E-state index in [1.165, 1.54) is 6.42 Å². The van der Waals surface area contributed by atoms with Crippen LogP contribution in [-0.2, 0) is 0 Å². The summed E-state index contributed by atoms with van der Waals surface area (Å²) in [5.74, 6) is 1.55. The first-order chi connectivity index (χ1) is 5.61. The van der Waals surface area contributed by atoms with Gasteiger partial charge >= 0.3 is 0 Å². The number of hydrogen-bond donors (Lipinski definition) is 0. The van der Waals surface area contributed by atoms with E-state index in [-0.39, 0.29) is 0 Å². The highest BCUT2D eigenvalue weighted by molar-refractivity contribution is 4.88. The van der Waals surface area contributed by atoms with Gasteiger partial charge in [-0.15, -0.1) is 0 Å². The smallest absolute Gasteiger partial charge is 0.0280 e. The lowest BCUT2D eigenvalue weighted by Crippen LogP contribution is -2.37. The maximum Gasteiger partial charge on any atom is -0.0280 e. The molecule has 0 aromatic carbocycles. The SMILES string of the molecule is CC(C)CC(C)(C)C(C)(C)C(C)C. The Hall–Kier alpha value is 0. The van der Waals surface area contributed by atoms with E-state index in [1.807, 2.05) is 0 Å². The highest BCUT2D eigenvalue weighted by atomic mass is 14.4. The van der Waals surface area contributed by atoms with Gasteiger partial charge in [-0.2, -0.15) is 0 Å². The minimum absolute atomic E-state index is 0.428. The van der Waals surface area contributed by atoms with Gasteiger partial charge in [-0.3, -0.25) is 0 Å². The van der Waals surface area contributed by atoms with Gasteiger partial charge in [-0.05, 0) is 29.1 Å². The Balaban J connectivity index is 4.60. The molecule has 80 valence electrons. The van der Waals surface area contributed by atoms with Crippen LogP contribution in [0, 0.1) is 22.7 Å². The lowest BCUT2D eigenvalue weighted by Gasteiger charge is -2.46. The van der Waals surface area contributed by atoms with Gasteiger partial charge in [0.2, 0.25) is 0 Å². The van der Waals surface area contributed by atoms with Gasteiger partial charge in [0.25, 0.3) is 0 Å². The summed E-state index contributed by atoms with van der Waals surface area (Å²) < 4.78 is 0. The first kappa shape index (κ1) is 13.0. The minimum atomic E-state index is 0.428. The molecule has 0 amide bonds. The quantitative estimate of drug-likeness (QED) is 0.592. The van der Waals surface area contributed by atoms with E-state index in [0.717, 1.165) is 11.8 Å². The molecule has 13 heavy (non-hydrogen) atoms. The van der Waals surface area contributed by atoms with Crippen molar-refractivity contribution in [3.05, 3.63) is 0 Å². The predicted molar refractivity (Wildman–Crippen MR) is 61.9 cm³/mol. The van der Waals surface area contributed by atoms with E-state index in [0.29, 0.717) is 10.8 Å². The Morgan fingerprint density at radius 2 is 1.23 bits per heavy atom. The van der Waals surface area contributed by atoms with Crippen LogP contribution in [0.25, 0.3) is 0 Å². The summed E-state index contributed by atoms with van der Waals surface area (Å²) in [6, 6.07) is 0. The molecule has 0 saturated carbocycles. The highest BCUT2D eigenvalue weighted by Crippen LogP contribution is 2.47. The fraction of sp³-hybridized carbons (Fsp3) is 1.00. The van der Waals surface area contributed by atoms with Gasteiger partial charge in [0.05, 0.1) is 0 Å². The Kier molecular flexibility index (Phi) is 4.02. The summed E-state index contributed by atoms with van der Waals surface area (Å²) in [5, 5.41) is 0. The van der Waals surface area contributed by atoms with Gasteiger partial charge in [0, 0.05) is 0 Å². The molecule has 0 fully saturated rings. The average Bonchev–Trinajstić information content (AvgIpc) is 1.83. The molecule has 0 aromatic heterocycles. The molecule has 0 bridgehead atoms. The van der Waals surface area contributed by atoms with E-state index in [2.05, 4.69) is 55.4 Å². The predicted octanol–water partition coefficient (Wildman–Crippen LogP) is 4.74. The summed E-state index contributed by atoms with van der Waals surface area (Å²) in [5.41, 5.74) is 0.868. The summed E-state index contributed by atoms with van der Waals surface area (Å²) in [4.78, 5) is 0. The van der Waals surface area contributed by atoms with E-state index in [1.54, 1.807) is 0 Å². The molecular weight excluding hydrogens is 156 g/mol. The van der Waals surface area contributed by atoms with Crippen molar-refractivity contribution < 1.29 is 0 Å². The molecule has 0 saturated heterocycles. The second-order valence-corrected chi connectivity index (χ2v) is 6.36. The number of rotatable bonds is 4. The Morgan fingerprint density at radius 1 is 0.846 bits per heavy atom. The standard InChI is InChI=1S/C13H28/c1-10(2)9-12(5,6)13(7,8)11(3)4/h10-11H,9H2,1-8H3. The van der Waals surface area contributed by atoms with E-state index in [9.17, 15) is 0 Å². The van der Waals surface area contributed by atoms with Crippen LogP contribution in [0.1, 0.15) is 61.8 Å². The topological polar surface area (TPSA) is 0 Å². The zero-order valence-corrected chi connectivity index (χ0v) is 10.9. The lowest BCUT2D eigenvalue weighted by molar-refractivity contribution is 0.0363. The Labute approximate surface area is 85.1 Å². The van der Waals surface area contributed by atoms with E-state index in [4.69, 9.17) is 0 Å². The van der Waals surface area contributed by atoms with Crippen molar-refractivity contribution in [1.29, 1.82) is 0 Å². The molecule has 0 atom stereocenters. The fourth-order valence-electron chi connectivity index (χ4n) is 2.07. The monoisotopic (exact) mass is 184 g/mol. The second kappa shape index (κ2) is 4.02. The molecule has 0 nitrogen and oxygen atoms in total. The highest BCUT2D eigenvalue weighted by Gasteiger charge is 2.39. The van der Waals surface area contributed by atoms with Crippen molar-refractivity contribution in [2.75, 3.05) is 0 Å². The van der Waals surface area contributed by atoms with Gasteiger partial charge in [-0.1, -0.05) is 55.4 Å². The molecule has 0 radical (unpaired) electrons. The second-order valence-electron chi connectivity index (χ2n) is 6.36. The van der Waals surface area contributed by atoms with Crippen LogP contribution in [0.5, 0.6) is 0 Å². The molecule has 0 N–H and O–H groups in total. The minimum Gasteiger partial charge on any atom is -0.0628 e. The maximum atomic E-state index is 2.41. The van der Waals surface area contributed by atoms with Crippen molar-refractivity contribution in [3.8, 4) is 0 Å². The van der Waals surface area contributed by atoms with Crippen molar-refractivity contribution in [1.82, 2.24) is 0 Å². The van der Waals surface area contributed by atoms with Crippen molar-refractivity contribution in [2.24, 2.45) is 22.7 Å². The van der Waals surface area contributed by atoms with Crippen LogP contribution in [0.15, 0.2) is 0 Å². The molecule has 0 unspecified atom stereocenters. The largest absolute Gasteiger partial charge is 0.0628 e. The van der Waals surface area contributed by atoms with Gasteiger partial charge in [0.1, 0.15) is 0 Å². The molecular formula is C13H28. The van der Waals surface area contributed by atoms with Gasteiger partial charge in [0.15, 0.2) is 0 Å². The van der Waals surface area contributed by atoms with Gasteiger partial charge in [-0.25, -0.2) is 0 Å². The molecule has 0 spiro atoms. The first-order valence-corrected chi connectivity index (χ1v) is 5.61. The van der Waals surface area contributed by atoms with Crippen LogP contribution in [-0.4, -0.2) is 0 Å². The molecule has 0 heteroatoms. The fourth-order valence-corrected chi connectivity index (χ4v) is 2.07. The normalized spacial score (nSPS) is 14.3. The summed E-state index contributed by atoms with van der Waals surface area (Å²) in [7, 11) is 0. The van der Waals surface area contributed by atoms with Crippen LogP contribution in [0.2, 0.25) is 0 Å². The van der Waals surface area contributed by atoms with Crippen molar-refractivity contribution >= 4 is 0 Å². The Bertz CT molecular complexity index is 149. The molecule has 0 aliphatic rings. The zero-order chi connectivity index (χ0) is 10.9. The van der Waals surface area contributed by atoms with Crippen LogP contribution in [0.3, 0.4) is 0 Å². The zero-order valence-electron chi connectivity index (χ0n) is 10.9. The molecule has 0 aliphatic carbocycles. The van der Waals surface area contributed by atoms with E-state index < -0.39 is 0 Å². The first-order valence-electron chi connectivity index (χ1n) is 5.61. The van der Waals surface area contributed by atoms with Crippen molar-refractivity contribution in [2.45, 2.75) is 61.8 Å². The molecule has 0 heterocycles. The Morgan fingerprint density at radius 3 is 1.46 bits per heavy atom. The third-order valence-corrected chi connectivity index (χ3v) is 4.11. The lowest BCUT2D eigenvalue weighted by atomic mass is 9.59. The average molecular weight is 184 g/mol. The third kappa shape index (κ3) is 3.00. The maximum absolute atomic E-state index is 2.41. The molecule has 0 aromatic rings. The summed E-state index contributed by atoms with van der Waals surface area (Å²) in [6.07, 6.45) is 1.32. The van der Waals surface area contributed by atoms with Gasteiger partial charge < -0.3 is 0 Å². The summed E-state index contributed by atoms with van der Waals surface area (Å²) in [6.45, 7) is 18.9. The summed E-state index contributed by atoms with van der Waals surface area (Å²) >= 11 is 0. The van der Waals surface area contributed by atoms with E-state index >= 15 is 0 Å². The molecule has 0 rings (SSSR count). The molecule has 0 aliphatic heterocycles. The third-order valence-electron chi connectivity index (χ3n) is 4.11. The van der Waals surface area contributed by atoms with Crippen LogP contribution in [0.4, 0.5) is 0 Å². The van der Waals surface area contributed by atoms with Crippen molar-refractivity contribution in [3.63, 3.8) is 0 Å². The van der Waals surface area contributed by atoms with Crippen LogP contribution < -0.4 is 0 Å². The van der Waals surface area contributed by atoms with Crippen LogP contribution >= 0.6 is 0 Å².